The van der Waals surface area contributed by atoms with Gasteiger partial charge in [0.05, 0.1) is 12.2 Å². The van der Waals surface area contributed by atoms with Gasteiger partial charge in [0.1, 0.15) is 5.82 Å². The van der Waals surface area contributed by atoms with Crippen LogP contribution in [0.1, 0.15) is 24.4 Å². The topological polar surface area (TPSA) is 62.5 Å². The monoisotopic (exact) mass is 329 g/mol. The molecule has 0 saturated heterocycles. The van der Waals surface area contributed by atoms with E-state index in [9.17, 15) is 4.79 Å². The van der Waals surface area contributed by atoms with Crippen LogP contribution in [-0.4, -0.2) is 31.6 Å². The Morgan fingerprint density at radius 3 is 2.96 bits per heavy atom. The first-order valence-electron chi connectivity index (χ1n) is 7.46. The Balaban J connectivity index is 1.83. The van der Waals surface area contributed by atoms with Gasteiger partial charge in [0.15, 0.2) is 5.65 Å². The molecule has 0 unspecified atom stereocenters. The standard InChI is InChI=1S/C16H19N5OS/c1-11(2)20(10-13-5-4-8-23-13)16(22)18-14-6-7-17-15-9-12(3)19-21(14)15/h4-9,11H,10H2,1-3H3,(H,18,22). The molecule has 0 bridgehead atoms. The molecule has 6 nitrogen and oxygen atoms in total. The first-order chi connectivity index (χ1) is 11.0. The summed E-state index contributed by atoms with van der Waals surface area (Å²) in [7, 11) is 0. The zero-order valence-corrected chi connectivity index (χ0v) is 14.2. The molecule has 0 radical (unpaired) electrons. The maximum atomic E-state index is 12.7. The number of carbonyl (C=O) groups excluding carboxylic acids is 1. The lowest BCUT2D eigenvalue weighted by molar-refractivity contribution is 0.194. The van der Waals surface area contributed by atoms with Crippen molar-refractivity contribution in [3.63, 3.8) is 0 Å². The van der Waals surface area contributed by atoms with Crippen LogP contribution in [0.25, 0.3) is 5.65 Å². The molecule has 0 aromatic carbocycles. The number of fused-ring (bicyclic) bond motifs is 1. The molecule has 0 spiro atoms. The second-order valence-electron chi connectivity index (χ2n) is 5.62. The fourth-order valence-corrected chi connectivity index (χ4v) is 3.05. The number of carbonyl (C=O) groups is 1. The Morgan fingerprint density at radius 2 is 2.26 bits per heavy atom. The van der Waals surface area contributed by atoms with E-state index in [0.29, 0.717) is 12.4 Å². The van der Waals surface area contributed by atoms with Crippen LogP contribution in [0.5, 0.6) is 0 Å². The molecule has 1 N–H and O–H groups in total. The molecule has 0 fully saturated rings. The first kappa shape index (κ1) is 15.5. The van der Waals surface area contributed by atoms with Gasteiger partial charge in [-0.15, -0.1) is 11.3 Å². The van der Waals surface area contributed by atoms with E-state index in [1.54, 1.807) is 33.0 Å². The van der Waals surface area contributed by atoms with Gasteiger partial charge in [0.2, 0.25) is 0 Å². The summed E-state index contributed by atoms with van der Waals surface area (Å²) in [5.74, 6) is 0.616. The fraction of sp³-hybridized carbons (Fsp3) is 0.312. The van der Waals surface area contributed by atoms with Crippen LogP contribution in [0.15, 0.2) is 35.8 Å². The van der Waals surface area contributed by atoms with E-state index in [4.69, 9.17) is 0 Å². The maximum Gasteiger partial charge on any atom is 0.323 e. The number of hydrogen-bond donors (Lipinski definition) is 1. The van der Waals surface area contributed by atoms with E-state index < -0.39 is 0 Å². The van der Waals surface area contributed by atoms with Crippen molar-refractivity contribution in [3.8, 4) is 0 Å². The second kappa shape index (κ2) is 6.37. The van der Waals surface area contributed by atoms with Crippen LogP contribution in [0.2, 0.25) is 0 Å². The number of aryl methyl sites for hydroxylation is 1. The predicted molar refractivity (Wildman–Crippen MR) is 91.7 cm³/mol. The molecule has 7 heteroatoms. The summed E-state index contributed by atoms with van der Waals surface area (Å²) in [6.45, 7) is 6.51. The molecular formula is C16H19N5OS. The number of anilines is 1. The number of nitrogens with zero attached hydrogens (tertiary/aromatic N) is 4. The Morgan fingerprint density at radius 1 is 1.43 bits per heavy atom. The highest BCUT2D eigenvalue weighted by Gasteiger charge is 2.19. The van der Waals surface area contributed by atoms with Crippen LogP contribution in [0.3, 0.4) is 0 Å². The number of urea groups is 1. The van der Waals surface area contributed by atoms with Crippen molar-refractivity contribution in [2.24, 2.45) is 0 Å². The summed E-state index contributed by atoms with van der Waals surface area (Å²) < 4.78 is 1.65. The molecular weight excluding hydrogens is 310 g/mol. The van der Waals surface area contributed by atoms with Crippen molar-refractivity contribution in [1.29, 1.82) is 0 Å². The molecule has 2 amide bonds. The summed E-state index contributed by atoms with van der Waals surface area (Å²) in [5.41, 5.74) is 1.58. The van der Waals surface area contributed by atoms with Gasteiger partial charge < -0.3 is 4.90 Å². The molecule has 23 heavy (non-hydrogen) atoms. The van der Waals surface area contributed by atoms with Gasteiger partial charge in [-0.3, -0.25) is 5.32 Å². The number of thiophene rings is 1. The summed E-state index contributed by atoms with van der Waals surface area (Å²) in [6, 6.07) is 7.61. The summed E-state index contributed by atoms with van der Waals surface area (Å²) in [6.07, 6.45) is 1.67. The number of rotatable bonds is 4. The third kappa shape index (κ3) is 3.34. The summed E-state index contributed by atoms with van der Waals surface area (Å²) in [4.78, 5) is 19.9. The zero-order valence-electron chi connectivity index (χ0n) is 13.4. The minimum atomic E-state index is -0.144. The molecule has 0 aliphatic carbocycles. The molecule has 3 rings (SSSR count). The van der Waals surface area contributed by atoms with Crippen LogP contribution in [0.4, 0.5) is 10.6 Å². The van der Waals surface area contributed by atoms with Crippen molar-refractivity contribution in [2.45, 2.75) is 33.4 Å². The van der Waals surface area contributed by atoms with Crippen molar-refractivity contribution >= 4 is 28.8 Å². The third-order valence-electron chi connectivity index (χ3n) is 3.51. The molecule has 3 heterocycles. The normalized spacial score (nSPS) is 11.1. The second-order valence-corrected chi connectivity index (χ2v) is 6.65. The highest BCUT2D eigenvalue weighted by Crippen LogP contribution is 2.16. The van der Waals surface area contributed by atoms with Gasteiger partial charge in [-0.05, 0) is 38.3 Å². The predicted octanol–water partition coefficient (Wildman–Crippen LogP) is 3.54. The van der Waals surface area contributed by atoms with E-state index in [0.717, 1.165) is 16.2 Å². The molecule has 0 aliphatic heterocycles. The lowest BCUT2D eigenvalue weighted by Gasteiger charge is -2.26. The summed E-state index contributed by atoms with van der Waals surface area (Å²) >= 11 is 1.65. The Labute approximate surface area is 138 Å². The molecule has 3 aromatic heterocycles. The van der Waals surface area contributed by atoms with Gasteiger partial charge in [0.25, 0.3) is 0 Å². The van der Waals surface area contributed by atoms with Crippen molar-refractivity contribution in [3.05, 3.63) is 46.4 Å². The minimum Gasteiger partial charge on any atom is -0.317 e. The molecule has 0 saturated carbocycles. The molecule has 0 atom stereocenters. The Bertz CT molecular complexity index is 809. The minimum absolute atomic E-state index is 0.0915. The number of hydrogen-bond acceptors (Lipinski definition) is 4. The average molecular weight is 329 g/mol. The van der Waals surface area contributed by atoms with Crippen molar-refractivity contribution in [2.75, 3.05) is 5.32 Å². The van der Waals surface area contributed by atoms with Crippen LogP contribution < -0.4 is 5.32 Å². The molecule has 0 aliphatic rings. The highest BCUT2D eigenvalue weighted by atomic mass is 32.1. The molecule has 120 valence electrons. The van der Waals surface area contributed by atoms with Gasteiger partial charge in [-0.25, -0.2) is 9.78 Å². The SMILES string of the molecule is Cc1cc2nccc(NC(=O)N(Cc3cccs3)C(C)C)n2n1. The first-order valence-corrected chi connectivity index (χ1v) is 8.34. The van der Waals surface area contributed by atoms with Gasteiger partial charge >= 0.3 is 6.03 Å². The van der Waals surface area contributed by atoms with Gasteiger partial charge in [-0.1, -0.05) is 6.07 Å². The number of amides is 2. The number of nitrogens with one attached hydrogen (secondary N) is 1. The van der Waals surface area contributed by atoms with E-state index in [-0.39, 0.29) is 12.1 Å². The van der Waals surface area contributed by atoms with Crippen LogP contribution in [-0.2, 0) is 6.54 Å². The largest absolute Gasteiger partial charge is 0.323 e. The van der Waals surface area contributed by atoms with E-state index in [1.165, 1.54) is 0 Å². The van der Waals surface area contributed by atoms with E-state index in [2.05, 4.69) is 15.4 Å². The lowest BCUT2D eigenvalue weighted by atomic mass is 10.3. The zero-order chi connectivity index (χ0) is 16.4. The fourth-order valence-electron chi connectivity index (χ4n) is 2.35. The van der Waals surface area contributed by atoms with Crippen LogP contribution in [0, 0.1) is 6.92 Å². The average Bonchev–Trinajstić information content (AvgIpc) is 3.13. The van der Waals surface area contributed by atoms with E-state index >= 15 is 0 Å². The van der Waals surface area contributed by atoms with Gasteiger partial charge in [0, 0.05) is 23.2 Å². The summed E-state index contributed by atoms with van der Waals surface area (Å²) in [5, 5.41) is 9.33. The van der Waals surface area contributed by atoms with Gasteiger partial charge in [-0.2, -0.15) is 9.61 Å². The van der Waals surface area contributed by atoms with E-state index in [1.807, 2.05) is 44.4 Å². The van der Waals surface area contributed by atoms with Crippen molar-refractivity contribution < 1.29 is 4.79 Å². The Kier molecular flexibility index (Phi) is 4.29. The number of aromatic nitrogens is 3. The third-order valence-corrected chi connectivity index (χ3v) is 4.37. The maximum absolute atomic E-state index is 12.7. The van der Waals surface area contributed by atoms with Crippen LogP contribution >= 0.6 is 11.3 Å². The molecule has 3 aromatic rings. The highest BCUT2D eigenvalue weighted by molar-refractivity contribution is 7.09. The quantitative estimate of drug-likeness (QED) is 0.796. The smallest absolute Gasteiger partial charge is 0.317 e. The Hall–Kier alpha value is -2.41. The lowest BCUT2D eigenvalue weighted by Crippen LogP contribution is -2.39. The van der Waals surface area contributed by atoms with Crippen molar-refractivity contribution in [1.82, 2.24) is 19.5 Å².